The Balaban J connectivity index is 2.44. The van der Waals surface area contributed by atoms with Crippen molar-refractivity contribution in [3.05, 3.63) is 64.2 Å². The summed E-state index contributed by atoms with van der Waals surface area (Å²) in [5.74, 6) is -2.14. The number of carbonyl (C=O) groups excluding carboxylic acids is 2. The van der Waals surface area contributed by atoms with E-state index >= 15 is 0 Å². The van der Waals surface area contributed by atoms with Crippen LogP contribution in [0.2, 0.25) is 0 Å². The van der Waals surface area contributed by atoms with E-state index in [0.717, 1.165) is 12.1 Å². The van der Waals surface area contributed by atoms with Crippen LogP contribution in [0.3, 0.4) is 0 Å². The molecule has 7 nitrogen and oxygen atoms in total. The van der Waals surface area contributed by atoms with Crippen LogP contribution in [0.5, 0.6) is 5.75 Å². The number of hydrogen-bond acceptors (Lipinski definition) is 5. The highest BCUT2D eigenvalue weighted by Crippen LogP contribution is 2.30. The largest absolute Gasteiger partial charge is 0.507 e. The van der Waals surface area contributed by atoms with Crippen LogP contribution in [0.25, 0.3) is 11.3 Å². The third-order valence-corrected chi connectivity index (χ3v) is 4.09. The van der Waals surface area contributed by atoms with E-state index in [1.54, 1.807) is 19.9 Å². The Bertz CT molecular complexity index is 1050. The predicted octanol–water partition coefficient (Wildman–Crippen LogP) is 3.53. The summed E-state index contributed by atoms with van der Waals surface area (Å²) in [6.45, 7) is 8.28. The molecule has 2 amide bonds. The summed E-state index contributed by atoms with van der Waals surface area (Å²) in [6, 6.07) is 5.14. The van der Waals surface area contributed by atoms with Crippen LogP contribution in [-0.2, 0) is 4.79 Å². The molecule has 0 unspecified atom stereocenters. The quantitative estimate of drug-likeness (QED) is 0.437. The number of allylic oxidation sites excluding steroid dienone is 1. The Kier molecular flexibility index (Phi) is 6.60. The number of nitrogens with one attached hydrogen (secondary N) is 2. The number of pyridine rings is 1. The highest BCUT2D eigenvalue weighted by Gasteiger charge is 2.19. The minimum atomic E-state index is -0.814. The SMILES string of the molecule is C=C(C)/C(NC(=O)c1cc(F)c(-c2ccc(C)c(NC(C)=O)n2)cc1O)=C(\N)Cl. The van der Waals surface area contributed by atoms with Crippen molar-refractivity contribution in [1.29, 1.82) is 0 Å². The van der Waals surface area contributed by atoms with Crippen molar-refractivity contribution in [3.8, 4) is 17.0 Å². The van der Waals surface area contributed by atoms with Crippen molar-refractivity contribution in [2.75, 3.05) is 5.32 Å². The van der Waals surface area contributed by atoms with Gasteiger partial charge in [0.2, 0.25) is 5.91 Å². The first-order valence-corrected chi connectivity index (χ1v) is 8.79. The van der Waals surface area contributed by atoms with Gasteiger partial charge >= 0.3 is 0 Å². The topological polar surface area (TPSA) is 117 Å². The van der Waals surface area contributed by atoms with Gasteiger partial charge in [-0.15, -0.1) is 0 Å². The Hall–Kier alpha value is -3.39. The van der Waals surface area contributed by atoms with Crippen molar-refractivity contribution in [3.63, 3.8) is 0 Å². The van der Waals surface area contributed by atoms with Crippen LogP contribution in [-0.4, -0.2) is 21.9 Å². The Morgan fingerprint density at radius 1 is 1.28 bits per heavy atom. The van der Waals surface area contributed by atoms with Crippen molar-refractivity contribution in [2.45, 2.75) is 20.8 Å². The predicted molar refractivity (Wildman–Crippen MR) is 110 cm³/mol. The van der Waals surface area contributed by atoms with Crippen LogP contribution in [0.15, 0.2) is 47.3 Å². The third kappa shape index (κ3) is 5.11. The van der Waals surface area contributed by atoms with Crippen molar-refractivity contribution < 1.29 is 19.1 Å². The van der Waals surface area contributed by atoms with E-state index in [2.05, 4.69) is 22.2 Å². The molecule has 2 rings (SSSR count). The zero-order valence-corrected chi connectivity index (χ0v) is 16.8. The van der Waals surface area contributed by atoms with Crippen LogP contribution in [0.4, 0.5) is 10.2 Å². The fraction of sp³-hybridized carbons (Fsp3) is 0.150. The molecule has 1 aromatic heterocycles. The standard InChI is InChI=1S/C20H20ClFN4O3/c1-9(2)17(18(21)23)26-20(29)13-7-14(22)12(8-16(13)28)15-6-5-10(3)19(25-15)24-11(4)27/h5-8,28H,1,23H2,2-4H3,(H,26,29)(H,24,25,27)/b18-17+. The Morgan fingerprint density at radius 3 is 2.48 bits per heavy atom. The van der Waals surface area contributed by atoms with Crippen LogP contribution < -0.4 is 16.4 Å². The maximum atomic E-state index is 14.7. The monoisotopic (exact) mass is 418 g/mol. The molecule has 29 heavy (non-hydrogen) atoms. The van der Waals surface area contributed by atoms with Gasteiger partial charge in [-0.05, 0) is 43.2 Å². The zero-order valence-electron chi connectivity index (χ0n) is 16.1. The molecule has 0 aliphatic carbocycles. The van der Waals surface area contributed by atoms with Gasteiger partial charge in [0.1, 0.15) is 22.5 Å². The number of hydrogen-bond donors (Lipinski definition) is 4. The van der Waals surface area contributed by atoms with Crippen LogP contribution >= 0.6 is 11.6 Å². The number of nitrogens with two attached hydrogens (primary N) is 1. The first-order chi connectivity index (χ1) is 13.5. The maximum absolute atomic E-state index is 14.7. The molecule has 0 aliphatic rings. The van der Waals surface area contributed by atoms with Gasteiger partial charge in [0.25, 0.3) is 5.91 Å². The third-order valence-electron chi connectivity index (χ3n) is 3.90. The molecule has 1 aromatic carbocycles. The summed E-state index contributed by atoms with van der Waals surface area (Å²) in [5, 5.41) is 15.0. The summed E-state index contributed by atoms with van der Waals surface area (Å²) < 4.78 is 14.7. The van der Waals surface area contributed by atoms with Gasteiger partial charge in [-0.3, -0.25) is 9.59 Å². The number of amides is 2. The van der Waals surface area contributed by atoms with E-state index in [1.165, 1.54) is 13.0 Å². The molecule has 2 aromatic rings. The first kappa shape index (κ1) is 21.9. The number of aryl methyl sites for hydroxylation is 1. The number of anilines is 1. The summed E-state index contributed by atoms with van der Waals surface area (Å²) in [7, 11) is 0. The van der Waals surface area contributed by atoms with E-state index in [0.29, 0.717) is 11.1 Å². The molecular formula is C20H20ClFN4O3. The van der Waals surface area contributed by atoms with E-state index in [1.807, 2.05) is 0 Å². The lowest BCUT2D eigenvalue weighted by Gasteiger charge is -2.13. The molecule has 152 valence electrons. The lowest BCUT2D eigenvalue weighted by molar-refractivity contribution is -0.114. The van der Waals surface area contributed by atoms with Gasteiger partial charge in [-0.1, -0.05) is 24.2 Å². The Labute approximate surface area is 172 Å². The number of nitrogens with zero attached hydrogens (tertiary/aromatic N) is 1. The molecule has 0 radical (unpaired) electrons. The number of phenols is 1. The lowest BCUT2D eigenvalue weighted by atomic mass is 10.0. The molecule has 1 heterocycles. The summed E-state index contributed by atoms with van der Waals surface area (Å²) in [6.07, 6.45) is 0. The molecule has 0 bridgehead atoms. The number of phenolic OH excluding ortho intramolecular Hbond substituents is 1. The number of halogens is 2. The second-order valence-corrected chi connectivity index (χ2v) is 6.76. The van der Waals surface area contributed by atoms with Gasteiger partial charge in [0.05, 0.1) is 17.0 Å². The molecular weight excluding hydrogens is 399 g/mol. The molecule has 0 atom stereocenters. The number of aromatic hydroxyl groups is 1. The van der Waals surface area contributed by atoms with Crippen LogP contribution in [0.1, 0.15) is 29.8 Å². The number of benzene rings is 1. The Morgan fingerprint density at radius 2 is 1.93 bits per heavy atom. The molecule has 0 saturated heterocycles. The second kappa shape index (κ2) is 8.74. The van der Waals surface area contributed by atoms with E-state index in [4.69, 9.17) is 17.3 Å². The normalized spacial score (nSPS) is 11.5. The fourth-order valence-corrected chi connectivity index (χ4v) is 2.67. The molecule has 0 saturated carbocycles. The van der Waals surface area contributed by atoms with Gasteiger partial charge in [0.15, 0.2) is 0 Å². The zero-order chi connectivity index (χ0) is 21.9. The number of carbonyl (C=O) groups is 2. The number of aromatic nitrogens is 1. The molecule has 9 heteroatoms. The minimum Gasteiger partial charge on any atom is -0.507 e. The second-order valence-electron chi connectivity index (χ2n) is 6.35. The summed E-state index contributed by atoms with van der Waals surface area (Å²) in [4.78, 5) is 27.9. The van der Waals surface area contributed by atoms with Crippen molar-refractivity contribution >= 4 is 29.2 Å². The van der Waals surface area contributed by atoms with E-state index < -0.39 is 17.5 Å². The molecule has 5 N–H and O–H groups in total. The van der Waals surface area contributed by atoms with Gasteiger partial charge in [-0.2, -0.15) is 0 Å². The minimum absolute atomic E-state index is 0.0434. The van der Waals surface area contributed by atoms with Gasteiger partial charge < -0.3 is 21.5 Å². The number of rotatable bonds is 5. The molecule has 0 aliphatic heterocycles. The van der Waals surface area contributed by atoms with Gasteiger partial charge in [0, 0.05) is 12.5 Å². The van der Waals surface area contributed by atoms with E-state index in [9.17, 15) is 19.1 Å². The smallest absolute Gasteiger partial charge is 0.259 e. The van der Waals surface area contributed by atoms with Crippen molar-refractivity contribution in [2.24, 2.45) is 5.73 Å². The van der Waals surface area contributed by atoms with Crippen molar-refractivity contribution in [1.82, 2.24) is 10.3 Å². The fourth-order valence-electron chi connectivity index (χ4n) is 2.46. The molecule has 0 fully saturated rings. The average molecular weight is 419 g/mol. The summed E-state index contributed by atoms with van der Waals surface area (Å²) >= 11 is 5.72. The molecule has 0 spiro atoms. The first-order valence-electron chi connectivity index (χ1n) is 8.41. The summed E-state index contributed by atoms with van der Waals surface area (Å²) in [5.41, 5.74) is 6.43. The van der Waals surface area contributed by atoms with Gasteiger partial charge in [-0.25, -0.2) is 9.37 Å². The highest BCUT2D eigenvalue weighted by molar-refractivity contribution is 6.29. The van der Waals surface area contributed by atoms with Crippen LogP contribution in [0, 0.1) is 12.7 Å². The average Bonchev–Trinajstić information content (AvgIpc) is 2.62. The highest BCUT2D eigenvalue weighted by atomic mass is 35.5. The maximum Gasteiger partial charge on any atom is 0.259 e. The lowest BCUT2D eigenvalue weighted by Crippen LogP contribution is -2.25. The van der Waals surface area contributed by atoms with E-state index in [-0.39, 0.29) is 39.4 Å².